The van der Waals surface area contributed by atoms with Crippen molar-refractivity contribution in [3.63, 3.8) is 0 Å². The zero-order valence-electron chi connectivity index (χ0n) is 13.3. The molecule has 120 valence electrons. The average Bonchev–Trinajstić information content (AvgIpc) is 2.54. The second-order valence-electron chi connectivity index (χ2n) is 6.04. The summed E-state index contributed by atoms with van der Waals surface area (Å²) < 4.78 is 5.03. The number of aliphatic imine (C=N–C) groups is 1. The van der Waals surface area contributed by atoms with Crippen LogP contribution in [-0.4, -0.2) is 18.1 Å². The van der Waals surface area contributed by atoms with Gasteiger partial charge >= 0.3 is 0 Å². The summed E-state index contributed by atoms with van der Waals surface area (Å²) in [5, 5.41) is 0.632. The Morgan fingerprint density at radius 2 is 2.13 bits per heavy atom. The molecule has 0 amide bonds. The lowest BCUT2D eigenvalue weighted by Gasteiger charge is -2.28. The molecule has 2 unspecified atom stereocenters. The number of aromatic nitrogens is 1. The molecule has 5 heteroatoms. The van der Waals surface area contributed by atoms with Crippen LogP contribution in [0, 0.1) is 5.92 Å². The number of nitrogens with zero attached hydrogens (tertiary/aromatic N) is 2. The monoisotopic (exact) mass is 329 g/mol. The third-order valence-corrected chi connectivity index (χ3v) is 4.44. The van der Waals surface area contributed by atoms with Crippen molar-refractivity contribution >= 4 is 17.6 Å². The number of nitrogens with two attached hydrogens (primary N) is 1. The second kappa shape index (κ2) is 6.59. The van der Waals surface area contributed by atoms with E-state index in [0.717, 1.165) is 24.0 Å². The highest BCUT2D eigenvalue weighted by Gasteiger charge is 2.25. The van der Waals surface area contributed by atoms with Gasteiger partial charge in [-0.2, -0.15) is 0 Å². The van der Waals surface area contributed by atoms with Crippen LogP contribution in [0.2, 0.25) is 5.02 Å². The number of rotatable bonds is 2. The minimum atomic E-state index is 0.0285. The van der Waals surface area contributed by atoms with Gasteiger partial charge in [0, 0.05) is 18.0 Å². The molecule has 4 nitrogen and oxygen atoms in total. The van der Waals surface area contributed by atoms with Crippen LogP contribution in [0.3, 0.4) is 0 Å². The van der Waals surface area contributed by atoms with E-state index in [9.17, 15) is 0 Å². The van der Waals surface area contributed by atoms with Gasteiger partial charge in [-0.05, 0) is 47.6 Å². The maximum absolute atomic E-state index is 6.06. The smallest absolute Gasteiger partial charge is 0.282 e. The number of benzene rings is 1. The number of pyridine rings is 1. The van der Waals surface area contributed by atoms with Gasteiger partial charge in [-0.3, -0.25) is 4.98 Å². The summed E-state index contributed by atoms with van der Waals surface area (Å²) >= 11 is 6.06. The van der Waals surface area contributed by atoms with Gasteiger partial charge in [-0.15, -0.1) is 0 Å². The Hall–Kier alpha value is -2.07. The molecule has 0 radical (unpaired) electrons. The van der Waals surface area contributed by atoms with Gasteiger partial charge in [-0.1, -0.05) is 30.7 Å². The Labute approximate surface area is 141 Å². The first-order chi connectivity index (χ1) is 11.1. The topological polar surface area (TPSA) is 60.5 Å². The number of ether oxygens (including phenoxy) is 1. The minimum absolute atomic E-state index is 0.0285. The van der Waals surface area contributed by atoms with E-state index in [4.69, 9.17) is 22.1 Å². The van der Waals surface area contributed by atoms with Gasteiger partial charge in [0.15, 0.2) is 0 Å². The van der Waals surface area contributed by atoms with Crippen molar-refractivity contribution in [3.8, 4) is 11.1 Å². The van der Waals surface area contributed by atoms with Gasteiger partial charge in [-0.25, -0.2) is 4.99 Å². The van der Waals surface area contributed by atoms with E-state index in [1.54, 1.807) is 13.3 Å². The van der Waals surface area contributed by atoms with Crippen LogP contribution >= 0.6 is 11.6 Å². The third kappa shape index (κ3) is 3.48. The number of hydrogen-bond donors (Lipinski definition) is 1. The van der Waals surface area contributed by atoms with E-state index in [2.05, 4.69) is 35.1 Å². The number of amidine groups is 1. The Bertz CT molecular complexity index is 745. The lowest BCUT2D eigenvalue weighted by Crippen LogP contribution is -2.20. The number of hydrogen-bond acceptors (Lipinski definition) is 3. The molecular weight excluding hydrogens is 310 g/mol. The fraction of sp³-hybridized carbons (Fsp3) is 0.333. The summed E-state index contributed by atoms with van der Waals surface area (Å²) in [6.45, 7) is 2.24. The predicted octanol–water partition coefficient (Wildman–Crippen LogP) is 3.99. The van der Waals surface area contributed by atoms with Gasteiger partial charge in [0.05, 0.1) is 18.2 Å². The zero-order chi connectivity index (χ0) is 16.4. The van der Waals surface area contributed by atoms with E-state index < -0.39 is 0 Å². The highest BCUT2D eigenvalue weighted by Crippen LogP contribution is 2.38. The normalized spacial score (nSPS) is 20.9. The van der Waals surface area contributed by atoms with Gasteiger partial charge < -0.3 is 10.5 Å². The van der Waals surface area contributed by atoms with Crippen molar-refractivity contribution in [2.24, 2.45) is 16.6 Å². The van der Waals surface area contributed by atoms with Crippen molar-refractivity contribution < 1.29 is 4.74 Å². The summed E-state index contributed by atoms with van der Waals surface area (Å²) in [5.41, 5.74) is 10.4. The van der Waals surface area contributed by atoms with Crippen molar-refractivity contribution in [3.05, 3.63) is 52.8 Å². The molecule has 23 heavy (non-hydrogen) atoms. The fourth-order valence-corrected chi connectivity index (χ4v) is 3.31. The maximum Gasteiger partial charge on any atom is 0.282 e. The fourth-order valence-electron chi connectivity index (χ4n) is 3.14. The predicted molar refractivity (Wildman–Crippen MR) is 93.5 cm³/mol. The van der Waals surface area contributed by atoms with Crippen LogP contribution in [0.4, 0.5) is 0 Å². The molecule has 1 aromatic heterocycles. The Morgan fingerprint density at radius 1 is 1.30 bits per heavy atom. The molecule has 0 saturated carbocycles. The molecule has 1 aliphatic rings. The van der Waals surface area contributed by atoms with E-state index in [1.807, 2.05) is 12.3 Å². The first-order valence-corrected chi connectivity index (χ1v) is 8.05. The highest BCUT2D eigenvalue weighted by atomic mass is 35.5. The molecule has 1 aliphatic carbocycles. The van der Waals surface area contributed by atoms with Gasteiger partial charge in [0.2, 0.25) is 0 Å². The maximum atomic E-state index is 6.06. The van der Waals surface area contributed by atoms with E-state index in [-0.39, 0.29) is 12.1 Å². The van der Waals surface area contributed by atoms with Crippen LogP contribution in [0.1, 0.15) is 30.5 Å². The van der Waals surface area contributed by atoms with Crippen molar-refractivity contribution in [2.75, 3.05) is 7.11 Å². The molecule has 1 heterocycles. The summed E-state index contributed by atoms with van der Waals surface area (Å²) in [4.78, 5) is 8.69. The van der Waals surface area contributed by atoms with E-state index in [1.165, 1.54) is 11.1 Å². The van der Waals surface area contributed by atoms with Crippen molar-refractivity contribution in [2.45, 2.75) is 25.8 Å². The molecule has 1 aromatic carbocycles. The Balaban J connectivity index is 2.04. The molecule has 2 N–H and O–H groups in total. The first kappa shape index (κ1) is 15.8. The lowest BCUT2D eigenvalue weighted by atomic mass is 9.80. The molecule has 0 spiro atoms. The van der Waals surface area contributed by atoms with Crippen molar-refractivity contribution in [1.29, 1.82) is 0 Å². The van der Waals surface area contributed by atoms with Crippen LogP contribution in [-0.2, 0) is 11.2 Å². The van der Waals surface area contributed by atoms with E-state index >= 15 is 0 Å². The van der Waals surface area contributed by atoms with Gasteiger partial charge in [0.1, 0.15) is 0 Å². The molecule has 3 rings (SSSR count). The standard InChI is InChI=1S/C18H20ClN3O/c1-11-5-13-4-3-12(14-7-15(19)10-21-9-14)8-16(13)17(6-11)22-18(20)23-2/h3-4,7-11,17H,5-6H2,1-2H3,(H2,20,22). The average molecular weight is 330 g/mol. The number of fused-ring (bicyclic) bond motifs is 1. The quantitative estimate of drug-likeness (QED) is 0.669. The molecule has 2 atom stereocenters. The molecule has 0 bridgehead atoms. The zero-order valence-corrected chi connectivity index (χ0v) is 14.0. The van der Waals surface area contributed by atoms with Crippen LogP contribution in [0.5, 0.6) is 0 Å². The molecule has 0 saturated heterocycles. The van der Waals surface area contributed by atoms with Crippen LogP contribution < -0.4 is 5.73 Å². The summed E-state index contributed by atoms with van der Waals surface area (Å²) in [7, 11) is 1.54. The van der Waals surface area contributed by atoms with Crippen LogP contribution in [0.25, 0.3) is 11.1 Å². The largest absolute Gasteiger partial charge is 0.469 e. The van der Waals surface area contributed by atoms with E-state index in [0.29, 0.717) is 10.9 Å². The summed E-state index contributed by atoms with van der Waals surface area (Å²) in [6.07, 6.45) is 5.48. The summed E-state index contributed by atoms with van der Waals surface area (Å²) in [5.74, 6) is 0.569. The Kier molecular flexibility index (Phi) is 4.53. The number of methoxy groups -OCH3 is 1. The lowest BCUT2D eigenvalue weighted by molar-refractivity contribution is 0.379. The van der Waals surface area contributed by atoms with Gasteiger partial charge in [0.25, 0.3) is 6.02 Å². The molecule has 0 aliphatic heterocycles. The van der Waals surface area contributed by atoms with Crippen LogP contribution in [0.15, 0.2) is 41.7 Å². The SMILES string of the molecule is COC(N)=NC1CC(C)Cc2ccc(-c3cncc(Cl)c3)cc21. The van der Waals surface area contributed by atoms with Crippen molar-refractivity contribution in [1.82, 2.24) is 4.98 Å². The minimum Gasteiger partial charge on any atom is -0.469 e. The number of halogens is 1. The Morgan fingerprint density at radius 3 is 2.87 bits per heavy atom. The first-order valence-electron chi connectivity index (χ1n) is 7.68. The summed E-state index contributed by atoms with van der Waals surface area (Å²) in [6, 6.07) is 8.64. The molecule has 2 aromatic rings. The molecule has 0 fully saturated rings. The second-order valence-corrected chi connectivity index (χ2v) is 6.47. The highest BCUT2D eigenvalue weighted by molar-refractivity contribution is 6.30. The molecular formula is C18H20ClN3O. The third-order valence-electron chi connectivity index (χ3n) is 4.23.